The Bertz CT molecular complexity index is 495. The molecule has 1 nitrogen and oxygen atoms in total. The van der Waals surface area contributed by atoms with Gasteiger partial charge in [0.15, 0.2) is 0 Å². The van der Waals surface area contributed by atoms with Gasteiger partial charge in [-0.05, 0) is 34.3 Å². The van der Waals surface area contributed by atoms with E-state index in [1.54, 1.807) is 0 Å². The van der Waals surface area contributed by atoms with Gasteiger partial charge in [-0.25, -0.2) is 0 Å². The number of hydrogen-bond donors (Lipinski definition) is 1. The molecule has 1 aromatic carbocycles. The van der Waals surface area contributed by atoms with Gasteiger partial charge in [-0.3, -0.25) is 0 Å². The lowest BCUT2D eigenvalue weighted by atomic mass is 9.71. The molecule has 1 aliphatic rings. The number of rotatable bonds is 2. The van der Waals surface area contributed by atoms with Gasteiger partial charge in [0.1, 0.15) is 5.75 Å². The number of allylic oxidation sites excluding steroid dienone is 1. The van der Waals surface area contributed by atoms with Crippen LogP contribution in [0.25, 0.3) is 0 Å². The predicted octanol–water partition coefficient (Wildman–Crippen LogP) is 4.33. The van der Waals surface area contributed by atoms with E-state index in [0.717, 1.165) is 17.5 Å². The Morgan fingerprint density at radius 3 is 2.39 bits per heavy atom. The zero-order chi connectivity index (χ0) is 13.7. The Kier molecular flexibility index (Phi) is 2.84. The van der Waals surface area contributed by atoms with E-state index in [9.17, 15) is 5.11 Å². The molecule has 1 N–H and O–H groups in total. The third-order valence-corrected chi connectivity index (χ3v) is 5.13. The lowest BCUT2D eigenvalue weighted by molar-refractivity contribution is 0.261. The largest absolute Gasteiger partial charge is 0.507 e. The molecule has 0 bridgehead atoms. The molecule has 98 valence electrons. The quantitative estimate of drug-likeness (QED) is 0.768. The fourth-order valence-electron chi connectivity index (χ4n) is 3.50. The minimum absolute atomic E-state index is 0.0140. The van der Waals surface area contributed by atoms with E-state index in [0.29, 0.717) is 11.7 Å². The number of hydrogen-bond acceptors (Lipinski definition) is 1. The van der Waals surface area contributed by atoms with Crippen molar-refractivity contribution in [3.05, 3.63) is 41.5 Å². The van der Waals surface area contributed by atoms with E-state index in [1.165, 1.54) is 5.56 Å². The number of phenols is 1. The van der Waals surface area contributed by atoms with E-state index in [1.807, 2.05) is 12.1 Å². The SMILES string of the molecule is C=CCc1ccc2c(c1O)C(C)(C)C(C)C2(C)C. The highest BCUT2D eigenvalue weighted by atomic mass is 16.3. The first-order valence-electron chi connectivity index (χ1n) is 6.71. The maximum Gasteiger partial charge on any atom is 0.123 e. The second-order valence-corrected chi connectivity index (χ2v) is 6.65. The second kappa shape index (κ2) is 3.88. The first-order chi connectivity index (χ1) is 8.24. The normalized spacial score (nSPS) is 23.7. The molecule has 1 aromatic rings. The van der Waals surface area contributed by atoms with Crippen LogP contribution < -0.4 is 0 Å². The van der Waals surface area contributed by atoms with Crippen LogP contribution in [0.5, 0.6) is 5.75 Å². The van der Waals surface area contributed by atoms with Crippen molar-refractivity contribution >= 4 is 0 Å². The van der Waals surface area contributed by atoms with Crippen LogP contribution in [0.3, 0.4) is 0 Å². The molecular weight excluding hydrogens is 220 g/mol. The highest BCUT2D eigenvalue weighted by molar-refractivity contribution is 5.56. The lowest BCUT2D eigenvalue weighted by Crippen LogP contribution is -2.30. The molecule has 1 unspecified atom stereocenters. The van der Waals surface area contributed by atoms with Crippen molar-refractivity contribution in [1.82, 2.24) is 0 Å². The standard InChI is InChI=1S/C17H24O/c1-7-8-12-9-10-13-14(15(12)18)17(5,6)11(2)16(13,3)4/h7,9-11,18H,1,8H2,2-6H3. The molecule has 0 fully saturated rings. The van der Waals surface area contributed by atoms with Gasteiger partial charge in [-0.1, -0.05) is 52.8 Å². The first kappa shape index (κ1) is 13.2. The van der Waals surface area contributed by atoms with Crippen molar-refractivity contribution in [2.24, 2.45) is 5.92 Å². The summed E-state index contributed by atoms with van der Waals surface area (Å²) in [5.41, 5.74) is 3.55. The molecule has 0 aromatic heterocycles. The lowest BCUT2D eigenvalue weighted by Gasteiger charge is -2.32. The van der Waals surface area contributed by atoms with E-state index < -0.39 is 0 Å². The van der Waals surface area contributed by atoms with Crippen molar-refractivity contribution in [2.45, 2.75) is 51.9 Å². The summed E-state index contributed by atoms with van der Waals surface area (Å²) in [5.74, 6) is 0.986. The smallest absolute Gasteiger partial charge is 0.123 e. The summed E-state index contributed by atoms with van der Waals surface area (Å²) in [6.07, 6.45) is 2.57. The maximum atomic E-state index is 10.6. The zero-order valence-electron chi connectivity index (χ0n) is 12.2. The van der Waals surface area contributed by atoms with Crippen LogP contribution in [0.4, 0.5) is 0 Å². The van der Waals surface area contributed by atoms with E-state index in [4.69, 9.17) is 0 Å². The topological polar surface area (TPSA) is 20.2 Å². The molecule has 0 spiro atoms. The van der Waals surface area contributed by atoms with Crippen LogP contribution >= 0.6 is 0 Å². The minimum Gasteiger partial charge on any atom is -0.507 e. The van der Waals surface area contributed by atoms with Crippen molar-refractivity contribution in [3.8, 4) is 5.75 Å². The van der Waals surface area contributed by atoms with Crippen LogP contribution in [0.15, 0.2) is 24.8 Å². The molecule has 0 saturated heterocycles. The number of benzene rings is 1. The molecule has 1 atom stereocenters. The Morgan fingerprint density at radius 1 is 1.22 bits per heavy atom. The van der Waals surface area contributed by atoms with Crippen molar-refractivity contribution in [1.29, 1.82) is 0 Å². The first-order valence-corrected chi connectivity index (χ1v) is 6.71. The molecule has 0 saturated carbocycles. The summed E-state index contributed by atoms with van der Waals surface area (Å²) in [4.78, 5) is 0. The summed E-state index contributed by atoms with van der Waals surface area (Å²) in [7, 11) is 0. The van der Waals surface area contributed by atoms with Crippen molar-refractivity contribution in [2.75, 3.05) is 0 Å². The molecular formula is C17H24O. The number of phenolic OH excluding ortho intramolecular Hbond substituents is 1. The molecule has 0 amide bonds. The molecule has 1 heteroatoms. The van der Waals surface area contributed by atoms with Gasteiger partial charge in [0, 0.05) is 5.56 Å². The fourth-order valence-corrected chi connectivity index (χ4v) is 3.50. The zero-order valence-corrected chi connectivity index (χ0v) is 12.2. The van der Waals surface area contributed by atoms with E-state index >= 15 is 0 Å². The Hall–Kier alpha value is -1.24. The predicted molar refractivity (Wildman–Crippen MR) is 77.2 cm³/mol. The third kappa shape index (κ3) is 1.53. The average molecular weight is 244 g/mol. The fraction of sp³-hybridized carbons (Fsp3) is 0.529. The van der Waals surface area contributed by atoms with Crippen LogP contribution in [-0.4, -0.2) is 5.11 Å². The molecule has 18 heavy (non-hydrogen) atoms. The van der Waals surface area contributed by atoms with Gasteiger partial charge in [0.05, 0.1) is 0 Å². The second-order valence-electron chi connectivity index (χ2n) is 6.65. The van der Waals surface area contributed by atoms with Crippen molar-refractivity contribution in [3.63, 3.8) is 0 Å². The molecule has 1 aliphatic carbocycles. The van der Waals surface area contributed by atoms with Crippen LogP contribution in [0.2, 0.25) is 0 Å². The van der Waals surface area contributed by atoms with Gasteiger partial charge >= 0.3 is 0 Å². The van der Waals surface area contributed by atoms with E-state index in [2.05, 4.69) is 47.3 Å². The highest BCUT2D eigenvalue weighted by Crippen LogP contribution is 2.56. The summed E-state index contributed by atoms with van der Waals surface area (Å²) in [6.45, 7) is 15.1. The Labute approximate surface area is 111 Å². The van der Waals surface area contributed by atoms with Gasteiger partial charge in [0.25, 0.3) is 0 Å². The molecule has 0 radical (unpaired) electrons. The summed E-state index contributed by atoms with van der Waals surface area (Å²) in [5, 5.41) is 10.6. The Morgan fingerprint density at radius 2 is 1.83 bits per heavy atom. The highest BCUT2D eigenvalue weighted by Gasteiger charge is 2.50. The molecule has 0 heterocycles. The molecule has 2 rings (SSSR count). The summed E-state index contributed by atoms with van der Waals surface area (Å²) < 4.78 is 0. The number of aromatic hydroxyl groups is 1. The average Bonchev–Trinajstić information content (AvgIpc) is 2.42. The summed E-state index contributed by atoms with van der Waals surface area (Å²) in [6, 6.07) is 4.24. The maximum absolute atomic E-state index is 10.6. The monoisotopic (exact) mass is 244 g/mol. The Balaban J connectivity index is 2.72. The third-order valence-electron chi connectivity index (χ3n) is 5.13. The van der Waals surface area contributed by atoms with Crippen molar-refractivity contribution < 1.29 is 5.11 Å². The van der Waals surface area contributed by atoms with Crippen LogP contribution in [0.1, 0.15) is 51.3 Å². The van der Waals surface area contributed by atoms with Gasteiger partial charge in [-0.2, -0.15) is 0 Å². The molecule has 0 aliphatic heterocycles. The minimum atomic E-state index is 0.0140. The van der Waals surface area contributed by atoms with Crippen LogP contribution in [-0.2, 0) is 17.3 Å². The van der Waals surface area contributed by atoms with Gasteiger partial charge < -0.3 is 5.11 Å². The van der Waals surface area contributed by atoms with Gasteiger partial charge in [-0.15, -0.1) is 6.58 Å². The van der Waals surface area contributed by atoms with E-state index in [-0.39, 0.29) is 10.8 Å². The number of fused-ring (bicyclic) bond motifs is 1. The van der Waals surface area contributed by atoms with Crippen LogP contribution in [0, 0.1) is 5.92 Å². The van der Waals surface area contributed by atoms with Gasteiger partial charge in [0.2, 0.25) is 0 Å². The summed E-state index contributed by atoms with van der Waals surface area (Å²) >= 11 is 0.